The van der Waals surface area contributed by atoms with Crippen molar-refractivity contribution in [2.45, 2.75) is 25.7 Å². The lowest BCUT2D eigenvalue weighted by atomic mass is 10.2. The minimum absolute atomic E-state index is 0.00663. The molecular weight excluding hydrogens is 235 g/mol. The summed E-state index contributed by atoms with van der Waals surface area (Å²) in [5.41, 5.74) is 0. The van der Waals surface area contributed by atoms with E-state index < -0.39 is 5.95 Å². The van der Waals surface area contributed by atoms with E-state index in [2.05, 4.69) is 4.98 Å². The van der Waals surface area contributed by atoms with Gasteiger partial charge in [0.1, 0.15) is 5.75 Å². The number of rotatable bonds is 3. The van der Waals surface area contributed by atoms with Gasteiger partial charge in [0.2, 0.25) is 5.95 Å². The number of hydrogen-bond donors (Lipinski definition) is 0. The molecule has 1 aromatic rings. The lowest BCUT2D eigenvalue weighted by Crippen LogP contribution is -2.35. The molecule has 1 aliphatic heterocycles. The van der Waals surface area contributed by atoms with Crippen molar-refractivity contribution in [3.8, 4) is 5.75 Å². The third-order valence-electron chi connectivity index (χ3n) is 3.02. The SMILES string of the molecule is O=C(COc1ccc(F)nc1)N1CCCCCC1. The van der Waals surface area contributed by atoms with Crippen molar-refractivity contribution in [1.82, 2.24) is 9.88 Å². The number of likely N-dealkylation sites (tertiary alicyclic amines) is 1. The molecule has 1 amide bonds. The van der Waals surface area contributed by atoms with Crippen molar-refractivity contribution in [2.75, 3.05) is 19.7 Å². The van der Waals surface area contributed by atoms with Crippen LogP contribution < -0.4 is 4.74 Å². The predicted molar refractivity (Wildman–Crippen MR) is 64.7 cm³/mol. The fraction of sp³-hybridized carbons (Fsp3) is 0.538. The van der Waals surface area contributed by atoms with E-state index in [4.69, 9.17) is 4.74 Å². The molecule has 2 heterocycles. The fourth-order valence-electron chi connectivity index (χ4n) is 2.00. The topological polar surface area (TPSA) is 42.4 Å². The van der Waals surface area contributed by atoms with Gasteiger partial charge in [0.05, 0.1) is 6.20 Å². The Bertz CT molecular complexity index is 386. The van der Waals surface area contributed by atoms with Crippen LogP contribution in [0.3, 0.4) is 0 Å². The molecule has 2 rings (SSSR count). The van der Waals surface area contributed by atoms with Crippen LogP contribution in [-0.2, 0) is 4.79 Å². The van der Waals surface area contributed by atoms with Crippen molar-refractivity contribution in [3.63, 3.8) is 0 Å². The second-order valence-electron chi connectivity index (χ2n) is 4.40. The zero-order valence-electron chi connectivity index (χ0n) is 10.3. The molecule has 5 heteroatoms. The number of ether oxygens (including phenoxy) is 1. The summed E-state index contributed by atoms with van der Waals surface area (Å²) in [6.45, 7) is 1.61. The molecule has 18 heavy (non-hydrogen) atoms. The Morgan fingerprint density at radius 3 is 2.61 bits per heavy atom. The third-order valence-corrected chi connectivity index (χ3v) is 3.02. The number of carbonyl (C=O) groups excluding carboxylic acids is 1. The zero-order chi connectivity index (χ0) is 12.8. The molecule has 1 aromatic heterocycles. The molecule has 0 saturated carbocycles. The molecule has 0 radical (unpaired) electrons. The van der Waals surface area contributed by atoms with Crippen molar-refractivity contribution >= 4 is 5.91 Å². The predicted octanol–water partition coefficient (Wildman–Crippen LogP) is 2.00. The van der Waals surface area contributed by atoms with Gasteiger partial charge < -0.3 is 9.64 Å². The van der Waals surface area contributed by atoms with Crippen LogP contribution in [0.1, 0.15) is 25.7 Å². The van der Waals surface area contributed by atoms with E-state index in [-0.39, 0.29) is 12.5 Å². The van der Waals surface area contributed by atoms with E-state index in [9.17, 15) is 9.18 Å². The Morgan fingerprint density at radius 2 is 2.00 bits per heavy atom. The molecule has 0 aliphatic carbocycles. The van der Waals surface area contributed by atoms with Gasteiger partial charge in [0.15, 0.2) is 6.61 Å². The third kappa shape index (κ3) is 3.68. The number of aromatic nitrogens is 1. The summed E-state index contributed by atoms with van der Waals surface area (Å²) in [6.07, 6.45) is 5.78. The number of halogens is 1. The molecule has 0 spiro atoms. The van der Waals surface area contributed by atoms with Crippen LogP contribution in [-0.4, -0.2) is 35.5 Å². The Hall–Kier alpha value is -1.65. The second kappa shape index (κ2) is 6.33. The van der Waals surface area contributed by atoms with Gasteiger partial charge in [-0.15, -0.1) is 0 Å². The largest absolute Gasteiger partial charge is 0.482 e. The van der Waals surface area contributed by atoms with Crippen LogP contribution in [0.4, 0.5) is 4.39 Å². The summed E-state index contributed by atoms with van der Waals surface area (Å²) in [5.74, 6) is -0.151. The first-order valence-corrected chi connectivity index (χ1v) is 6.28. The highest BCUT2D eigenvalue weighted by atomic mass is 19.1. The van der Waals surface area contributed by atoms with Crippen LogP contribution in [0.5, 0.6) is 5.75 Å². The van der Waals surface area contributed by atoms with Gasteiger partial charge >= 0.3 is 0 Å². The summed E-state index contributed by atoms with van der Waals surface area (Å²) >= 11 is 0. The van der Waals surface area contributed by atoms with E-state index in [0.717, 1.165) is 25.9 Å². The van der Waals surface area contributed by atoms with Gasteiger partial charge in [-0.25, -0.2) is 4.98 Å². The van der Waals surface area contributed by atoms with E-state index in [1.807, 2.05) is 4.90 Å². The van der Waals surface area contributed by atoms with Crippen LogP contribution >= 0.6 is 0 Å². The molecule has 0 aromatic carbocycles. The average molecular weight is 252 g/mol. The number of pyridine rings is 1. The molecule has 1 fully saturated rings. The first kappa shape index (κ1) is 12.8. The lowest BCUT2D eigenvalue weighted by molar-refractivity contribution is -0.133. The van der Waals surface area contributed by atoms with Gasteiger partial charge in [-0.3, -0.25) is 4.79 Å². The Labute approximate surface area is 106 Å². The standard InChI is InChI=1S/C13H17FN2O2/c14-12-6-5-11(9-15-12)18-10-13(17)16-7-3-1-2-4-8-16/h5-6,9H,1-4,7-8,10H2. The van der Waals surface area contributed by atoms with Crippen molar-refractivity contribution < 1.29 is 13.9 Å². The highest BCUT2D eigenvalue weighted by Crippen LogP contribution is 2.11. The van der Waals surface area contributed by atoms with Crippen LogP contribution in [0.25, 0.3) is 0 Å². The zero-order valence-corrected chi connectivity index (χ0v) is 10.3. The van der Waals surface area contributed by atoms with Gasteiger partial charge in [0, 0.05) is 13.1 Å². The van der Waals surface area contributed by atoms with E-state index >= 15 is 0 Å². The van der Waals surface area contributed by atoms with Gasteiger partial charge in [-0.2, -0.15) is 4.39 Å². The quantitative estimate of drug-likeness (QED) is 0.773. The molecule has 1 aliphatic rings. The molecule has 98 valence electrons. The van der Waals surface area contributed by atoms with Gasteiger partial charge in [-0.05, 0) is 25.0 Å². The van der Waals surface area contributed by atoms with Gasteiger partial charge in [0.25, 0.3) is 5.91 Å². The Balaban J connectivity index is 1.81. The molecule has 0 unspecified atom stereocenters. The van der Waals surface area contributed by atoms with Gasteiger partial charge in [-0.1, -0.05) is 12.8 Å². The maximum absolute atomic E-state index is 12.6. The number of nitrogens with zero attached hydrogens (tertiary/aromatic N) is 2. The minimum atomic E-state index is -0.554. The second-order valence-corrected chi connectivity index (χ2v) is 4.40. The van der Waals surface area contributed by atoms with Crippen LogP contribution in [0.15, 0.2) is 18.3 Å². The molecule has 1 saturated heterocycles. The summed E-state index contributed by atoms with van der Waals surface area (Å²) in [4.78, 5) is 17.2. The molecule has 0 bridgehead atoms. The average Bonchev–Trinajstić information content (AvgIpc) is 2.66. The van der Waals surface area contributed by atoms with E-state index in [0.29, 0.717) is 5.75 Å². The summed E-state index contributed by atoms with van der Waals surface area (Å²) in [5, 5.41) is 0. The molecule has 0 atom stereocenters. The maximum atomic E-state index is 12.6. The summed E-state index contributed by atoms with van der Waals surface area (Å²) in [7, 11) is 0. The first-order chi connectivity index (χ1) is 8.75. The highest BCUT2D eigenvalue weighted by Gasteiger charge is 2.15. The molecular formula is C13H17FN2O2. The Kier molecular flexibility index (Phi) is 4.50. The molecule has 0 N–H and O–H groups in total. The maximum Gasteiger partial charge on any atom is 0.260 e. The lowest BCUT2D eigenvalue weighted by Gasteiger charge is -2.20. The fourth-order valence-corrected chi connectivity index (χ4v) is 2.00. The molecule has 4 nitrogen and oxygen atoms in total. The van der Waals surface area contributed by atoms with Crippen LogP contribution in [0, 0.1) is 5.95 Å². The van der Waals surface area contributed by atoms with Crippen molar-refractivity contribution in [2.24, 2.45) is 0 Å². The summed E-state index contributed by atoms with van der Waals surface area (Å²) < 4.78 is 17.9. The normalized spacial score (nSPS) is 16.2. The van der Waals surface area contributed by atoms with Crippen molar-refractivity contribution in [1.29, 1.82) is 0 Å². The number of carbonyl (C=O) groups is 1. The van der Waals surface area contributed by atoms with E-state index in [1.165, 1.54) is 31.2 Å². The minimum Gasteiger partial charge on any atom is -0.482 e. The smallest absolute Gasteiger partial charge is 0.260 e. The van der Waals surface area contributed by atoms with Crippen LogP contribution in [0.2, 0.25) is 0 Å². The number of hydrogen-bond acceptors (Lipinski definition) is 3. The monoisotopic (exact) mass is 252 g/mol. The van der Waals surface area contributed by atoms with Crippen molar-refractivity contribution in [3.05, 3.63) is 24.3 Å². The Morgan fingerprint density at radius 1 is 1.28 bits per heavy atom. The summed E-state index contributed by atoms with van der Waals surface area (Å²) in [6, 6.07) is 2.68. The van der Waals surface area contributed by atoms with E-state index in [1.54, 1.807) is 0 Å². The number of amides is 1. The highest BCUT2D eigenvalue weighted by molar-refractivity contribution is 5.77. The first-order valence-electron chi connectivity index (χ1n) is 6.28.